The van der Waals surface area contributed by atoms with Crippen LogP contribution in [0.1, 0.15) is 31.0 Å². The molecule has 126 valence electrons. The number of hydrogen-bond acceptors (Lipinski definition) is 3. The molecule has 0 fully saturated rings. The molecule has 1 aromatic carbocycles. The Bertz CT molecular complexity index is 832. The number of Topliss-reactive ketones (excluding diaryl/α,β-unsaturated/α-hetero) is 1. The highest BCUT2D eigenvalue weighted by Crippen LogP contribution is 2.25. The molecule has 1 N–H and O–H groups in total. The van der Waals surface area contributed by atoms with Crippen molar-refractivity contribution < 1.29 is 9.53 Å². The maximum atomic E-state index is 11.1. The van der Waals surface area contributed by atoms with E-state index < -0.39 is 0 Å². The molecule has 0 aliphatic heterocycles. The van der Waals surface area contributed by atoms with Crippen molar-refractivity contribution >= 4 is 16.7 Å². The Morgan fingerprint density at radius 2 is 2.21 bits per heavy atom. The minimum atomic E-state index is 0.243. The molecular weight excluding hydrogens is 302 g/mol. The number of ketones is 1. The predicted octanol–water partition coefficient (Wildman–Crippen LogP) is 3.66. The number of fused-ring (bicyclic) bond motifs is 1. The van der Waals surface area contributed by atoms with E-state index in [1.807, 2.05) is 42.2 Å². The molecule has 5 heteroatoms. The van der Waals surface area contributed by atoms with Crippen LogP contribution in [0, 0.1) is 6.92 Å². The Kier molecular flexibility index (Phi) is 4.99. The molecule has 0 saturated carbocycles. The molecule has 5 nitrogen and oxygen atoms in total. The Balaban J connectivity index is 1.62. The van der Waals surface area contributed by atoms with Crippen molar-refractivity contribution in [3.8, 4) is 5.75 Å². The Morgan fingerprint density at radius 3 is 2.96 bits per heavy atom. The zero-order valence-electron chi connectivity index (χ0n) is 14.2. The van der Waals surface area contributed by atoms with Crippen LogP contribution in [-0.2, 0) is 17.8 Å². The average Bonchev–Trinajstić information content (AvgIpc) is 3.14. The van der Waals surface area contributed by atoms with Gasteiger partial charge in [-0.05, 0) is 56.5 Å². The van der Waals surface area contributed by atoms with Crippen LogP contribution in [0.15, 0.2) is 36.7 Å². The molecule has 0 aliphatic rings. The summed E-state index contributed by atoms with van der Waals surface area (Å²) >= 11 is 0. The standard InChI is InChI=1S/C19H23N3O2/c1-14-8-9-22(21-14)10-11-24-17-6-7-19-18(12-17)16(13-20-19)5-3-4-15(2)23/h6-9,12-13,20H,3-5,10-11H2,1-2H3. The zero-order chi connectivity index (χ0) is 16.9. The number of hydrogen-bond donors (Lipinski definition) is 1. The highest BCUT2D eigenvalue weighted by atomic mass is 16.5. The fourth-order valence-electron chi connectivity index (χ4n) is 2.83. The lowest BCUT2D eigenvalue weighted by molar-refractivity contribution is -0.117. The van der Waals surface area contributed by atoms with Gasteiger partial charge < -0.3 is 14.5 Å². The number of rotatable bonds is 8. The van der Waals surface area contributed by atoms with Gasteiger partial charge in [-0.25, -0.2) is 0 Å². The first-order valence-corrected chi connectivity index (χ1v) is 8.34. The number of H-pyrrole nitrogens is 1. The fraction of sp³-hybridized carbons (Fsp3) is 0.368. The number of nitrogens with one attached hydrogen (secondary N) is 1. The van der Waals surface area contributed by atoms with Crippen LogP contribution in [0.4, 0.5) is 0 Å². The average molecular weight is 325 g/mol. The number of benzene rings is 1. The van der Waals surface area contributed by atoms with Crippen LogP contribution in [0.2, 0.25) is 0 Å². The molecule has 0 atom stereocenters. The van der Waals surface area contributed by atoms with E-state index in [-0.39, 0.29) is 5.78 Å². The second kappa shape index (κ2) is 7.34. The molecule has 0 aliphatic carbocycles. The van der Waals surface area contributed by atoms with E-state index in [0.29, 0.717) is 13.0 Å². The van der Waals surface area contributed by atoms with E-state index >= 15 is 0 Å². The number of carbonyl (C=O) groups is 1. The second-order valence-corrected chi connectivity index (χ2v) is 6.15. The maximum absolute atomic E-state index is 11.1. The smallest absolute Gasteiger partial charge is 0.129 e. The van der Waals surface area contributed by atoms with Crippen LogP contribution >= 0.6 is 0 Å². The number of nitrogens with zero attached hydrogens (tertiary/aromatic N) is 2. The van der Waals surface area contributed by atoms with E-state index in [1.165, 1.54) is 10.9 Å². The summed E-state index contributed by atoms with van der Waals surface area (Å²) in [6, 6.07) is 8.08. The highest BCUT2D eigenvalue weighted by Gasteiger charge is 2.06. The van der Waals surface area contributed by atoms with Crippen molar-refractivity contribution in [1.82, 2.24) is 14.8 Å². The van der Waals surface area contributed by atoms with E-state index in [9.17, 15) is 4.79 Å². The first-order chi connectivity index (χ1) is 11.6. The summed E-state index contributed by atoms with van der Waals surface area (Å²) in [6.45, 7) is 4.92. The summed E-state index contributed by atoms with van der Waals surface area (Å²) in [5.41, 5.74) is 3.35. The van der Waals surface area contributed by atoms with Gasteiger partial charge in [0, 0.05) is 29.7 Å². The summed E-state index contributed by atoms with van der Waals surface area (Å²) in [4.78, 5) is 14.4. The third-order valence-corrected chi connectivity index (χ3v) is 4.08. The van der Waals surface area contributed by atoms with E-state index in [0.717, 1.165) is 36.3 Å². The molecular formula is C19H23N3O2. The van der Waals surface area contributed by atoms with Gasteiger partial charge in [0.25, 0.3) is 0 Å². The number of aromatic amines is 1. The first-order valence-electron chi connectivity index (χ1n) is 8.34. The van der Waals surface area contributed by atoms with Crippen molar-refractivity contribution in [3.05, 3.63) is 47.9 Å². The number of ether oxygens (including phenoxy) is 1. The molecule has 3 rings (SSSR count). The lowest BCUT2D eigenvalue weighted by Crippen LogP contribution is -2.08. The lowest BCUT2D eigenvalue weighted by Gasteiger charge is -2.07. The van der Waals surface area contributed by atoms with Crippen LogP contribution in [0.25, 0.3) is 10.9 Å². The van der Waals surface area contributed by atoms with E-state index in [1.54, 1.807) is 6.92 Å². The van der Waals surface area contributed by atoms with Crippen LogP contribution < -0.4 is 4.74 Å². The summed E-state index contributed by atoms with van der Waals surface area (Å²) in [7, 11) is 0. The monoisotopic (exact) mass is 325 g/mol. The zero-order valence-corrected chi connectivity index (χ0v) is 14.2. The molecule has 2 heterocycles. The third kappa shape index (κ3) is 4.04. The minimum Gasteiger partial charge on any atom is -0.492 e. The summed E-state index contributed by atoms with van der Waals surface area (Å²) in [5.74, 6) is 1.10. The second-order valence-electron chi connectivity index (χ2n) is 6.15. The normalized spacial score (nSPS) is 11.1. The number of aromatic nitrogens is 3. The topological polar surface area (TPSA) is 59.9 Å². The fourth-order valence-corrected chi connectivity index (χ4v) is 2.83. The first kappa shape index (κ1) is 16.3. The van der Waals surface area contributed by atoms with Gasteiger partial charge in [-0.1, -0.05) is 0 Å². The minimum absolute atomic E-state index is 0.243. The molecule has 0 unspecified atom stereocenters. The van der Waals surface area contributed by atoms with Gasteiger partial charge >= 0.3 is 0 Å². The van der Waals surface area contributed by atoms with Gasteiger partial charge in [-0.2, -0.15) is 5.10 Å². The number of aryl methyl sites for hydroxylation is 2. The van der Waals surface area contributed by atoms with Gasteiger partial charge in [0.05, 0.1) is 12.2 Å². The summed E-state index contributed by atoms with van der Waals surface area (Å²) in [5, 5.41) is 5.52. The van der Waals surface area contributed by atoms with Crippen molar-refractivity contribution in [2.75, 3.05) is 6.61 Å². The molecule has 24 heavy (non-hydrogen) atoms. The van der Waals surface area contributed by atoms with Crippen LogP contribution in [0.5, 0.6) is 5.75 Å². The van der Waals surface area contributed by atoms with Gasteiger partial charge in [0.1, 0.15) is 18.1 Å². The van der Waals surface area contributed by atoms with E-state index in [2.05, 4.69) is 16.1 Å². The summed E-state index contributed by atoms with van der Waals surface area (Å²) in [6.07, 6.45) is 6.40. The molecule has 3 aromatic rings. The van der Waals surface area contributed by atoms with Crippen molar-refractivity contribution in [1.29, 1.82) is 0 Å². The van der Waals surface area contributed by atoms with Crippen molar-refractivity contribution in [2.24, 2.45) is 0 Å². The SMILES string of the molecule is CC(=O)CCCc1c[nH]c2ccc(OCCn3ccc(C)n3)cc12. The van der Waals surface area contributed by atoms with Crippen molar-refractivity contribution in [2.45, 2.75) is 39.7 Å². The molecule has 2 aromatic heterocycles. The lowest BCUT2D eigenvalue weighted by atomic mass is 10.1. The number of carbonyl (C=O) groups excluding carboxylic acids is 1. The largest absolute Gasteiger partial charge is 0.492 e. The van der Waals surface area contributed by atoms with Gasteiger partial charge in [0.15, 0.2) is 0 Å². The van der Waals surface area contributed by atoms with Crippen molar-refractivity contribution in [3.63, 3.8) is 0 Å². The summed E-state index contributed by atoms with van der Waals surface area (Å²) < 4.78 is 7.75. The highest BCUT2D eigenvalue weighted by molar-refractivity contribution is 5.84. The van der Waals surface area contributed by atoms with Gasteiger partial charge in [0.2, 0.25) is 0 Å². The maximum Gasteiger partial charge on any atom is 0.129 e. The van der Waals surface area contributed by atoms with E-state index in [4.69, 9.17) is 4.74 Å². The molecule has 0 amide bonds. The molecule has 0 saturated heterocycles. The Labute approximate surface area is 141 Å². The predicted molar refractivity (Wildman–Crippen MR) is 94.4 cm³/mol. The third-order valence-electron chi connectivity index (χ3n) is 4.08. The van der Waals surface area contributed by atoms with Crippen LogP contribution in [-0.4, -0.2) is 27.2 Å². The molecule has 0 spiro atoms. The quantitative estimate of drug-likeness (QED) is 0.687. The molecule has 0 bridgehead atoms. The van der Waals surface area contributed by atoms with Gasteiger partial charge in [-0.15, -0.1) is 0 Å². The Morgan fingerprint density at radius 1 is 1.33 bits per heavy atom. The molecule has 0 radical (unpaired) electrons. The van der Waals surface area contributed by atoms with Crippen LogP contribution in [0.3, 0.4) is 0 Å². The van der Waals surface area contributed by atoms with Gasteiger partial charge in [-0.3, -0.25) is 4.68 Å². The Hall–Kier alpha value is -2.56.